The Hall–Kier alpha value is -0.810. The van der Waals surface area contributed by atoms with E-state index in [2.05, 4.69) is 34.6 Å². The molecule has 1 amide bonds. The molecule has 0 aromatic carbocycles. The SMILES string of the molecule is COCOC[C@@H](C)C[C@@H](C)C[C@@H](C)C[C@@H](C)C[C@@H](C)COC(=O)N(C(C)C)C(C)C. The number of carbonyl (C=O) groups is 1. The molecule has 5 nitrogen and oxygen atoms in total. The average Bonchev–Trinajstić information content (AvgIpc) is 2.58. The van der Waals surface area contributed by atoms with E-state index in [1.165, 1.54) is 19.3 Å². The average molecular weight is 430 g/mol. The van der Waals surface area contributed by atoms with Gasteiger partial charge in [0, 0.05) is 19.2 Å². The van der Waals surface area contributed by atoms with E-state index in [1.807, 2.05) is 27.7 Å². The highest BCUT2D eigenvalue weighted by atomic mass is 16.7. The Morgan fingerprint density at radius 3 is 1.47 bits per heavy atom. The Morgan fingerprint density at radius 1 is 0.667 bits per heavy atom. The van der Waals surface area contributed by atoms with Crippen LogP contribution in [0.15, 0.2) is 0 Å². The minimum absolute atomic E-state index is 0.156. The Balaban J connectivity index is 4.20. The minimum atomic E-state index is -0.190. The molecule has 0 bridgehead atoms. The Kier molecular flexibility index (Phi) is 15.5. The van der Waals surface area contributed by atoms with Gasteiger partial charge in [0.2, 0.25) is 0 Å². The van der Waals surface area contributed by atoms with E-state index < -0.39 is 0 Å². The van der Waals surface area contributed by atoms with Gasteiger partial charge in [-0.3, -0.25) is 0 Å². The maximum Gasteiger partial charge on any atom is 0.410 e. The molecule has 0 radical (unpaired) electrons. The van der Waals surface area contributed by atoms with Crippen molar-refractivity contribution in [3.8, 4) is 0 Å². The molecule has 0 N–H and O–H groups in total. The van der Waals surface area contributed by atoms with E-state index in [4.69, 9.17) is 14.2 Å². The summed E-state index contributed by atoms with van der Waals surface area (Å²) in [5.41, 5.74) is 0. The molecule has 0 aliphatic rings. The van der Waals surface area contributed by atoms with Crippen LogP contribution >= 0.6 is 0 Å². The molecule has 0 rings (SSSR count). The number of hydrogen-bond donors (Lipinski definition) is 0. The van der Waals surface area contributed by atoms with Crippen LogP contribution in [0.1, 0.15) is 88.0 Å². The molecule has 0 spiro atoms. The fraction of sp³-hybridized carbons (Fsp3) is 0.960. The van der Waals surface area contributed by atoms with Gasteiger partial charge in [0.05, 0.1) is 13.2 Å². The van der Waals surface area contributed by atoms with Crippen molar-refractivity contribution >= 4 is 6.09 Å². The van der Waals surface area contributed by atoms with Gasteiger partial charge in [-0.15, -0.1) is 0 Å². The maximum atomic E-state index is 12.4. The molecule has 0 aliphatic carbocycles. The molecule has 180 valence electrons. The summed E-state index contributed by atoms with van der Waals surface area (Å²) >= 11 is 0. The second kappa shape index (κ2) is 15.9. The highest BCUT2D eigenvalue weighted by Crippen LogP contribution is 2.27. The molecule has 0 aromatic heterocycles. The fourth-order valence-electron chi connectivity index (χ4n) is 4.81. The number of methoxy groups -OCH3 is 1. The first-order valence-electron chi connectivity index (χ1n) is 12.0. The maximum absolute atomic E-state index is 12.4. The van der Waals surface area contributed by atoms with Crippen molar-refractivity contribution in [3.05, 3.63) is 0 Å². The smallest absolute Gasteiger partial charge is 0.410 e. The van der Waals surface area contributed by atoms with Crippen LogP contribution < -0.4 is 0 Å². The number of hydrogen-bond acceptors (Lipinski definition) is 4. The van der Waals surface area contributed by atoms with Gasteiger partial charge in [0.25, 0.3) is 0 Å². The molecule has 0 aromatic rings. The van der Waals surface area contributed by atoms with Crippen LogP contribution in [0.25, 0.3) is 0 Å². The number of ether oxygens (including phenoxy) is 3. The van der Waals surface area contributed by atoms with Crippen molar-refractivity contribution < 1.29 is 19.0 Å². The lowest BCUT2D eigenvalue weighted by molar-refractivity contribution is -0.0437. The van der Waals surface area contributed by atoms with Crippen molar-refractivity contribution in [1.82, 2.24) is 4.90 Å². The highest BCUT2D eigenvalue weighted by molar-refractivity contribution is 5.68. The van der Waals surface area contributed by atoms with Crippen molar-refractivity contribution in [2.24, 2.45) is 29.6 Å². The molecular weight excluding hydrogens is 378 g/mol. The molecular formula is C25H51NO4. The van der Waals surface area contributed by atoms with Crippen molar-refractivity contribution in [2.45, 2.75) is 100 Å². The molecule has 0 saturated heterocycles. The summed E-state index contributed by atoms with van der Waals surface area (Å²) < 4.78 is 16.0. The van der Waals surface area contributed by atoms with Crippen molar-refractivity contribution in [2.75, 3.05) is 27.1 Å². The standard InChI is InChI=1S/C25H51NO4/c1-18(2)26(19(3)4)25(27)30-16-24(9)14-22(7)12-20(5)11-21(6)13-23(8)15-29-17-28-10/h18-24H,11-17H2,1-10H3/t20-,21+,22-,23+,24-/m1/s1. The van der Waals surface area contributed by atoms with Crippen LogP contribution in [0.5, 0.6) is 0 Å². The third kappa shape index (κ3) is 13.5. The van der Waals surface area contributed by atoms with Crippen LogP contribution in [-0.4, -0.2) is 50.2 Å². The van der Waals surface area contributed by atoms with Gasteiger partial charge < -0.3 is 19.1 Å². The number of amides is 1. The van der Waals surface area contributed by atoms with Gasteiger partial charge in [0.1, 0.15) is 6.79 Å². The summed E-state index contributed by atoms with van der Waals surface area (Å²) in [6.45, 7) is 21.3. The van der Waals surface area contributed by atoms with E-state index >= 15 is 0 Å². The van der Waals surface area contributed by atoms with Gasteiger partial charge in [-0.25, -0.2) is 4.79 Å². The van der Waals surface area contributed by atoms with Crippen molar-refractivity contribution in [3.63, 3.8) is 0 Å². The zero-order valence-corrected chi connectivity index (χ0v) is 21.6. The molecule has 0 heterocycles. The van der Waals surface area contributed by atoms with E-state index in [9.17, 15) is 4.79 Å². The van der Waals surface area contributed by atoms with Crippen LogP contribution in [0, 0.1) is 29.6 Å². The van der Waals surface area contributed by atoms with Crippen LogP contribution in [-0.2, 0) is 14.2 Å². The first-order valence-corrected chi connectivity index (χ1v) is 12.0. The van der Waals surface area contributed by atoms with E-state index in [1.54, 1.807) is 12.0 Å². The first-order chi connectivity index (χ1) is 14.0. The van der Waals surface area contributed by atoms with Gasteiger partial charge in [0.15, 0.2) is 0 Å². The fourth-order valence-corrected chi connectivity index (χ4v) is 4.81. The molecule has 30 heavy (non-hydrogen) atoms. The molecule has 0 aliphatic heterocycles. The van der Waals surface area contributed by atoms with Crippen molar-refractivity contribution in [1.29, 1.82) is 0 Å². The summed E-state index contributed by atoms with van der Waals surface area (Å²) in [4.78, 5) is 14.2. The monoisotopic (exact) mass is 429 g/mol. The third-order valence-electron chi connectivity index (χ3n) is 5.64. The van der Waals surface area contributed by atoms with Crippen LogP contribution in [0.4, 0.5) is 4.79 Å². The highest BCUT2D eigenvalue weighted by Gasteiger charge is 2.23. The molecule has 0 fully saturated rings. The summed E-state index contributed by atoms with van der Waals surface area (Å²) in [6, 6.07) is 0.313. The second-order valence-electron chi connectivity index (χ2n) is 10.4. The topological polar surface area (TPSA) is 48.0 Å². The van der Waals surface area contributed by atoms with Gasteiger partial charge in [-0.1, -0.05) is 34.6 Å². The summed E-state index contributed by atoms with van der Waals surface area (Å²) in [5, 5.41) is 0. The molecule has 0 saturated carbocycles. The lowest BCUT2D eigenvalue weighted by atomic mass is 9.83. The van der Waals surface area contributed by atoms with Gasteiger partial charge in [-0.05, 0) is 83.0 Å². The number of nitrogens with zero attached hydrogens (tertiary/aromatic N) is 1. The Bertz CT molecular complexity index is 433. The minimum Gasteiger partial charge on any atom is -0.449 e. The van der Waals surface area contributed by atoms with E-state index in [0.29, 0.717) is 43.0 Å². The zero-order valence-electron chi connectivity index (χ0n) is 21.6. The van der Waals surface area contributed by atoms with E-state index in [0.717, 1.165) is 13.0 Å². The third-order valence-corrected chi connectivity index (χ3v) is 5.64. The predicted octanol–water partition coefficient (Wildman–Crippen LogP) is 6.60. The van der Waals surface area contributed by atoms with Crippen LogP contribution in [0.2, 0.25) is 0 Å². The number of rotatable bonds is 16. The van der Waals surface area contributed by atoms with Crippen LogP contribution in [0.3, 0.4) is 0 Å². The Labute approximate surface area is 187 Å². The largest absolute Gasteiger partial charge is 0.449 e. The van der Waals surface area contributed by atoms with E-state index in [-0.39, 0.29) is 18.2 Å². The molecule has 0 unspecified atom stereocenters. The Morgan fingerprint density at radius 2 is 1.07 bits per heavy atom. The normalized spacial score (nSPS) is 16.9. The molecule has 5 atom stereocenters. The lowest BCUT2D eigenvalue weighted by Crippen LogP contribution is -2.42. The van der Waals surface area contributed by atoms with Gasteiger partial charge in [-0.2, -0.15) is 0 Å². The lowest BCUT2D eigenvalue weighted by Gasteiger charge is -2.30. The number of carbonyl (C=O) groups excluding carboxylic acids is 1. The van der Waals surface area contributed by atoms with Gasteiger partial charge >= 0.3 is 6.09 Å². The quantitative estimate of drug-likeness (QED) is 0.205. The zero-order chi connectivity index (χ0) is 23.3. The second-order valence-corrected chi connectivity index (χ2v) is 10.4. The summed E-state index contributed by atoms with van der Waals surface area (Å²) in [7, 11) is 1.66. The summed E-state index contributed by atoms with van der Waals surface area (Å²) in [6.07, 6.45) is 4.57. The first kappa shape index (κ1) is 29.2. The predicted molar refractivity (Wildman–Crippen MR) is 126 cm³/mol. The molecule has 5 heteroatoms. The summed E-state index contributed by atoms with van der Waals surface area (Å²) in [5.74, 6) is 2.98.